The molecule has 7 nitrogen and oxygen atoms in total. The Morgan fingerprint density at radius 2 is 1.80 bits per heavy atom. The van der Waals surface area contributed by atoms with Gasteiger partial charge in [-0.2, -0.15) is 0 Å². The number of anilines is 1. The number of aromatic nitrogens is 1. The number of rotatable bonds is 12. The Morgan fingerprint density at radius 3 is 2.51 bits per heavy atom. The summed E-state index contributed by atoms with van der Waals surface area (Å²) in [5, 5.41) is 6.03. The van der Waals surface area contributed by atoms with Crippen molar-refractivity contribution in [2.45, 2.75) is 63.9 Å². The van der Waals surface area contributed by atoms with Crippen LogP contribution in [0.2, 0.25) is 0 Å². The lowest BCUT2D eigenvalue weighted by atomic mass is 10.1. The molecule has 41 heavy (non-hydrogen) atoms. The summed E-state index contributed by atoms with van der Waals surface area (Å²) in [6.45, 7) is 10.1. The Hall–Kier alpha value is -3.56. The number of thiazole rings is 1. The molecule has 3 aromatic carbocycles. The SMILES string of the molecule is CCCC(C)Oc1ccc(C(=O)Nc2ccc3nc(SCC(=O)N[C@@H](C)c4ccc(C)cc4)sc3c2)c(OC)c1C. The number of carbonyl (C=O) groups is 2. The molecule has 1 heterocycles. The third-order valence-corrected chi connectivity index (χ3v) is 8.90. The second-order valence-corrected chi connectivity index (χ2v) is 12.3. The number of fused-ring (bicyclic) bond motifs is 1. The summed E-state index contributed by atoms with van der Waals surface area (Å²) < 4.78 is 13.4. The van der Waals surface area contributed by atoms with E-state index in [0.717, 1.165) is 38.5 Å². The van der Waals surface area contributed by atoms with E-state index in [9.17, 15) is 9.59 Å². The van der Waals surface area contributed by atoms with Crippen LogP contribution in [0.1, 0.15) is 66.7 Å². The van der Waals surface area contributed by atoms with Gasteiger partial charge in [0.25, 0.3) is 5.91 Å². The molecule has 216 valence electrons. The van der Waals surface area contributed by atoms with Crippen LogP contribution in [0.15, 0.2) is 58.9 Å². The maximum absolute atomic E-state index is 13.2. The van der Waals surface area contributed by atoms with Crippen molar-refractivity contribution < 1.29 is 19.1 Å². The summed E-state index contributed by atoms with van der Waals surface area (Å²) in [5.41, 5.74) is 4.96. The van der Waals surface area contributed by atoms with Crippen LogP contribution in [-0.4, -0.2) is 35.8 Å². The highest BCUT2D eigenvalue weighted by molar-refractivity contribution is 8.01. The van der Waals surface area contributed by atoms with Crippen LogP contribution in [0.3, 0.4) is 0 Å². The third kappa shape index (κ3) is 7.80. The highest BCUT2D eigenvalue weighted by atomic mass is 32.2. The summed E-state index contributed by atoms with van der Waals surface area (Å²) in [4.78, 5) is 30.4. The number of carbonyl (C=O) groups excluding carboxylic acids is 2. The Labute approximate surface area is 250 Å². The van der Waals surface area contributed by atoms with Crippen LogP contribution >= 0.6 is 23.1 Å². The van der Waals surface area contributed by atoms with Crippen molar-refractivity contribution in [1.29, 1.82) is 0 Å². The van der Waals surface area contributed by atoms with Crippen LogP contribution < -0.4 is 20.1 Å². The number of hydrogen-bond acceptors (Lipinski definition) is 7. The molecule has 2 N–H and O–H groups in total. The maximum atomic E-state index is 13.2. The van der Waals surface area contributed by atoms with Gasteiger partial charge in [-0.3, -0.25) is 9.59 Å². The van der Waals surface area contributed by atoms with Crippen molar-refractivity contribution in [3.63, 3.8) is 0 Å². The Balaban J connectivity index is 1.39. The first-order valence-electron chi connectivity index (χ1n) is 13.7. The van der Waals surface area contributed by atoms with E-state index >= 15 is 0 Å². The van der Waals surface area contributed by atoms with Gasteiger partial charge >= 0.3 is 0 Å². The predicted molar refractivity (Wildman–Crippen MR) is 169 cm³/mol. The molecule has 4 aromatic rings. The summed E-state index contributed by atoms with van der Waals surface area (Å²) in [6, 6.07) is 17.3. The molecular weight excluding hydrogens is 555 g/mol. The zero-order valence-electron chi connectivity index (χ0n) is 24.4. The minimum absolute atomic E-state index is 0.0456. The van der Waals surface area contributed by atoms with E-state index in [4.69, 9.17) is 9.47 Å². The van der Waals surface area contributed by atoms with Crippen molar-refractivity contribution in [3.05, 3.63) is 76.9 Å². The number of hydrogen-bond donors (Lipinski definition) is 2. The van der Waals surface area contributed by atoms with Crippen LogP contribution in [0.5, 0.6) is 11.5 Å². The lowest BCUT2D eigenvalue weighted by molar-refractivity contribution is -0.119. The molecule has 0 fully saturated rings. The van der Waals surface area contributed by atoms with Crippen molar-refractivity contribution in [1.82, 2.24) is 10.3 Å². The molecule has 9 heteroatoms. The summed E-state index contributed by atoms with van der Waals surface area (Å²) >= 11 is 2.90. The smallest absolute Gasteiger partial charge is 0.259 e. The number of nitrogens with one attached hydrogen (secondary N) is 2. The first-order valence-corrected chi connectivity index (χ1v) is 15.5. The van der Waals surface area contributed by atoms with Gasteiger partial charge in [-0.15, -0.1) is 11.3 Å². The monoisotopic (exact) mass is 591 g/mol. The first kappa shape index (κ1) is 30.4. The van der Waals surface area contributed by atoms with E-state index in [1.807, 2.05) is 76.2 Å². The molecule has 0 aliphatic heterocycles. The number of nitrogens with zero attached hydrogens (tertiary/aromatic N) is 1. The molecule has 0 saturated heterocycles. The molecule has 0 bridgehead atoms. The second kappa shape index (κ2) is 13.9. The summed E-state index contributed by atoms with van der Waals surface area (Å²) in [5.74, 6) is 1.17. The number of amides is 2. The Bertz CT molecular complexity index is 1520. The van der Waals surface area contributed by atoms with Gasteiger partial charge in [-0.1, -0.05) is 54.9 Å². The maximum Gasteiger partial charge on any atom is 0.259 e. The summed E-state index contributed by atoms with van der Waals surface area (Å²) in [6.07, 6.45) is 2.06. The number of ether oxygens (including phenoxy) is 2. The minimum Gasteiger partial charge on any atom is -0.495 e. The van der Waals surface area contributed by atoms with Gasteiger partial charge in [0.15, 0.2) is 4.34 Å². The van der Waals surface area contributed by atoms with Gasteiger partial charge in [0, 0.05) is 11.3 Å². The minimum atomic E-state index is -0.268. The fourth-order valence-electron chi connectivity index (χ4n) is 4.52. The zero-order chi connectivity index (χ0) is 29.5. The van der Waals surface area contributed by atoms with Crippen molar-refractivity contribution >= 4 is 50.8 Å². The Kier molecular flexibility index (Phi) is 10.3. The van der Waals surface area contributed by atoms with E-state index in [-0.39, 0.29) is 29.7 Å². The van der Waals surface area contributed by atoms with Gasteiger partial charge in [-0.25, -0.2) is 4.98 Å². The van der Waals surface area contributed by atoms with Gasteiger partial charge < -0.3 is 20.1 Å². The number of methoxy groups -OCH3 is 1. The fourth-order valence-corrected chi connectivity index (χ4v) is 6.43. The summed E-state index contributed by atoms with van der Waals surface area (Å²) in [7, 11) is 1.56. The molecule has 0 aliphatic rings. The molecule has 1 aromatic heterocycles. The topological polar surface area (TPSA) is 89.5 Å². The zero-order valence-corrected chi connectivity index (χ0v) is 26.0. The molecule has 0 radical (unpaired) electrons. The molecule has 0 aliphatic carbocycles. The highest BCUT2D eigenvalue weighted by Crippen LogP contribution is 2.34. The van der Waals surface area contributed by atoms with Gasteiger partial charge in [0.05, 0.1) is 40.8 Å². The van der Waals surface area contributed by atoms with Crippen molar-refractivity contribution in [3.8, 4) is 11.5 Å². The average molecular weight is 592 g/mol. The van der Waals surface area contributed by atoms with Crippen molar-refractivity contribution in [2.75, 3.05) is 18.2 Å². The van der Waals surface area contributed by atoms with E-state index in [0.29, 0.717) is 22.7 Å². The lowest BCUT2D eigenvalue weighted by Gasteiger charge is -2.19. The van der Waals surface area contributed by atoms with Gasteiger partial charge in [0.2, 0.25) is 5.91 Å². The van der Waals surface area contributed by atoms with Gasteiger partial charge in [-0.05, 0) is 70.0 Å². The molecular formula is C32H37N3O4S2. The molecule has 2 atom stereocenters. The molecule has 0 spiro atoms. The second-order valence-electron chi connectivity index (χ2n) is 10.1. The third-order valence-electron chi connectivity index (χ3n) is 6.74. The molecule has 0 saturated carbocycles. The molecule has 1 unspecified atom stereocenters. The van der Waals surface area contributed by atoms with E-state index < -0.39 is 0 Å². The lowest BCUT2D eigenvalue weighted by Crippen LogP contribution is -2.28. The first-order chi connectivity index (χ1) is 19.7. The standard InChI is InChI=1S/C32H37N3O4S2/c1-7-8-20(3)39-27-16-14-25(30(38-6)21(27)4)31(37)34-24-13-15-26-28(17-24)41-32(35-26)40-18-29(36)33-22(5)23-11-9-19(2)10-12-23/h9-17,20,22H,7-8,18H2,1-6H3,(H,33,36)(H,34,37)/t20?,22-/m0/s1. The number of benzene rings is 3. The van der Waals surface area contributed by atoms with Crippen molar-refractivity contribution in [2.24, 2.45) is 0 Å². The average Bonchev–Trinajstić information content (AvgIpc) is 3.35. The van der Waals surface area contributed by atoms with E-state index in [1.165, 1.54) is 28.7 Å². The number of aryl methyl sites for hydroxylation is 1. The fraction of sp³-hybridized carbons (Fsp3) is 0.344. The number of thioether (sulfide) groups is 1. The normalized spacial score (nSPS) is 12.5. The van der Waals surface area contributed by atoms with Crippen LogP contribution in [0.25, 0.3) is 10.2 Å². The van der Waals surface area contributed by atoms with Crippen LogP contribution in [-0.2, 0) is 4.79 Å². The largest absolute Gasteiger partial charge is 0.495 e. The quantitative estimate of drug-likeness (QED) is 0.164. The molecule has 2 amide bonds. The van der Waals surface area contributed by atoms with E-state index in [2.05, 4.69) is 22.5 Å². The highest BCUT2D eigenvalue weighted by Gasteiger charge is 2.19. The van der Waals surface area contributed by atoms with E-state index in [1.54, 1.807) is 13.2 Å². The van der Waals surface area contributed by atoms with Crippen LogP contribution in [0.4, 0.5) is 5.69 Å². The van der Waals surface area contributed by atoms with Crippen LogP contribution in [0, 0.1) is 13.8 Å². The predicted octanol–water partition coefficient (Wildman–Crippen LogP) is 7.71. The Morgan fingerprint density at radius 1 is 1.05 bits per heavy atom. The molecule has 4 rings (SSSR count). The van der Waals surface area contributed by atoms with Gasteiger partial charge in [0.1, 0.15) is 11.5 Å².